The molecule has 6 heteroatoms. The minimum absolute atomic E-state index is 0.00876. The summed E-state index contributed by atoms with van der Waals surface area (Å²) in [6.07, 6.45) is 1.05. The van der Waals surface area contributed by atoms with Crippen LogP contribution in [0.2, 0.25) is 0 Å². The topological polar surface area (TPSA) is 93.5 Å². The average Bonchev–Trinajstić information content (AvgIpc) is 2.90. The Balaban J connectivity index is 1.84. The van der Waals surface area contributed by atoms with Crippen LogP contribution < -0.4 is 16.4 Å². The Morgan fingerprint density at radius 3 is 2.63 bits per heavy atom. The van der Waals surface area contributed by atoms with Crippen molar-refractivity contribution >= 4 is 17.6 Å². The molecule has 1 heterocycles. The number of carbonyl (C=O) groups is 2. The fraction of sp³-hybridized carbons (Fsp3) is 0.385. The van der Waals surface area contributed by atoms with Gasteiger partial charge in [0.1, 0.15) is 0 Å². The Morgan fingerprint density at radius 1 is 1.32 bits per heavy atom. The number of hydrogen-bond donors (Lipinski definition) is 3. The maximum atomic E-state index is 11.2. The zero-order valence-corrected chi connectivity index (χ0v) is 10.5. The zero-order valence-electron chi connectivity index (χ0n) is 10.5. The van der Waals surface area contributed by atoms with Crippen LogP contribution in [0.5, 0.6) is 0 Å². The number of rotatable bonds is 4. The van der Waals surface area contributed by atoms with Gasteiger partial charge in [0.15, 0.2) is 0 Å². The van der Waals surface area contributed by atoms with Crippen LogP contribution >= 0.6 is 0 Å². The van der Waals surface area contributed by atoms with Crippen molar-refractivity contribution in [2.24, 2.45) is 5.73 Å². The molecule has 1 aliphatic rings. The first-order valence-electron chi connectivity index (χ1n) is 6.16. The molecule has 2 rings (SSSR count). The van der Waals surface area contributed by atoms with Crippen LogP contribution in [0.3, 0.4) is 0 Å². The smallest absolute Gasteiger partial charge is 0.318 e. The maximum absolute atomic E-state index is 11.2. The van der Waals surface area contributed by atoms with Gasteiger partial charge in [-0.1, -0.05) is 12.1 Å². The Kier molecular flexibility index (Phi) is 4.35. The molecule has 19 heavy (non-hydrogen) atoms. The van der Waals surface area contributed by atoms with Crippen molar-refractivity contribution in [3.8, 4) is 0 Å². The summed E-state index contributed by atoms with van der Waals surface area (Å²) in [5.74, 6) is 0.00739. The van der Waals surface area contributed by atoms with Crippen molar-refractivity contribution in [2.45, 2.75) is 12.3 Å². The molecule has 3 amide bonds. The van der Waals surface area contributed by atoms with Crippen LogP contribution in [0.4, 0.5) is 10.5 Å². The molecule has 6 nitrogen and oxygen atoms in total. The van der Waals surface area contributed by atoms with Gasteiger partial charge in [0, 0.05) is 18.2 Å². The van der Waals surface area contributed by atoms with Crippen molar-refractivity contribution in [3.05, 3.63) is 29.8 Å². The first-order valence-corrected chi connectivity index (χ1v) is 6.16. The lowest BCUT2D eigenvalue weighted by molar-refractivity contribution is -0.118. The van der Waals surface area contributed by atoms with E-state index in [1.807, 2.05) is 29.6 Å². The van der Waals surface area contributed by atoms with Gasteiger partial charge in [-0.3, -0.25) is 10.1 Å². The molecule has 1 fully saturated rings. The third-order valence-electron chi connectivity index (χ3n) is 3.03. The first-order chi connectivity index (χ1) is 9.15. The quantitative estimate of drug-likeness (QED) is 0.749. The lowest BCUT2D eigenvalue weighted by atomic mass is 9.98. The number of nitrogens with one attached hydrogen (secondary N) is 2. The number of imide groups is 1. The number of primary amides is 1. The van der Waals surface area contributed by atoms with Gasteiger partial charge in [0.2, 0.25) is 5.91 Å². The van der Waals surface area contributed by atoms with E-state index in [1.165, 1.54) is 5.56 Å². The van der Waals surface area contributed by atoms with Gasteiger partial charge < -0.3 is 15.8 Å². The molecule has 1 aromatic carbocycles. The molecule has 0 bridgehead atoms. The lowest BCUT2D eigenvalue weighted by Crippen LogP contribution is -2.38. The number of nitrogens with two attached hydrogens (primary N) is 1. The second kappa shape index (κ2) is 6.19. The largest absolute Gasteiger partial charge is 0.381 e. The molecule has 1 atom stereocenters. The predicted molar refractivity (Wildman–Crippen MR) is 70.8 cm³/mol. The van der Waals surface area contributed by atoms with E-state index in [0.717, 1.165) is 25.3 Å². The van der Waals surface area contributed by atoms with E-state index in [1.54, 1.807) is 0 Å². The molecular formula is C13H17N3O3. The van der Waals surface area contributed by atoms with Crippen LogP contribution in [0.1, 0.15) is 17.9 Å². The van der Waals surface area contributed by atoms with Crippen molar-refractivity contribution < 1.29 is 14.3 Å². The highest BCUT2D eigenvalue weighted by molar-refractivity contribution is 5.95. The Bertz CT molecular complexity index is 453. The van der Waals surface area contributed by atoms with Crippen molar-refractivity contribution in [1.29, 1.82) is 0 Å². The third kappa shape index (κ3) is 3.96. The molecule has 0 aliphatic carbocycles. The number of benzene rings is 1. The molecular weight excluding hydrogens is 246 g/mol. The standard InChI is InChI=1S/C13H17N3O3/c14-13(18)16-12(17)7-15-11-3-1-9(2-4-11)10-5-6-19-8-10/h1-4,10,15H,5-8H2,(H3,14,16,17,18). The van der Waals surface area contributed by atoms with Crippen LogP contribution in [0.25, 0.3) is 0 Å². The maximum Gasteiger partial charge on any atom is 0.318 e. The highest BCUT2D eigenvalue weighted by Gasteiger charge is 2.17. The average molecular weight is 263 g/mol. The number of hydrogen-bond acceptors (Lipinski definition) is 4. The Hall–Kier alpha value is -2.08. The first kappa shape index (κ1) is 13.4. The van der Waals surface area contributed by atoms with Gasteiger partial charge in [-0.25, -0.2) is 4.79 Å². The van der Waals surface area contributed by atoms with E-state index >= 15 is 0 Å². The highest BCUT2D eigenvalue weighted by atomic mass is 16.5. The fourth-order valence-corrected chi connectivity index (χ4v) is 2.03. The fourth-order valence-electron chi connectivity index (χ4n) is 2.03. The summed E-state index contributed by atoms with van der Waals surface area (Å²) in [6.45, 7) is 1.60. The van der Waals surface area contributed by atoms with E-state index in [-0.39, 0.29) is 6.54 Å². The third-order valence-corrected chi connectivity index (χ3v) is 3.03. The van der Waals surface area contributed by atoms with Crippen molar-refractivity contribution in [1.82, 2.24) is 5.32 Å². The summed E-state index contributed by atoms with van der Waals surface area (Å²) in [6, 6.07) is 7.01. The SMILES string of the molecule is NC(=O)NC(=O)CNc1ccc(C2CCOC2)cc1. The summed E-state index contributed by atoms with van der Waals surface area (Å²) in [5, 5.41) is 4.91. The molecule has 0 spiro atoms. The minimum Gasteiger partial charge on any atom is -0.381 e. The number of urea groups is 1. The summed E-state index contributed by atoms with van der Waals surface area (Å²) in [5.41, 5.74) is 6.90. The summed E-state index contributed by atoms with van der Waals surface area (Å²) < 4.78 is 5.35. The molecule has 0 aromatic heterocycles. The number of ether oxygens (including phenoxy) is 1. The normalized spacial score (nSPS) is 18.0. The summed E-state index contributed by atoms with van der Waals surface area (Å²) in [4.78, 5) is 21.7. The molecule has 0 radical (unpaired) electrons. The monoisotopic (exact) mass is 263 g/mol. The van der Waals surface area contributed by atoms with Gasteiger partial charge in [-0.05, 0) is 24.1 Å². The Labute approximate surface area is 111 Å². The van der Waals surface area contributed by atoms with E-state index < -0.39 is 11.9 Å². The summed E-state index contributed by atoms with van der Waals surface area (Å²) in [7, 11) is 0. The van der Waals surface area contributed by atoms with Gasteiger partial charge >= 0.3 is 6.03 Å². The van der Waals surface area contributed by atoms with E-state index in [2.05, 4.69) is 5.32 Å². The van der Waals surface area contributed by atoms with Crippen molar-refractivity contribution in [2.75, 3.05) is 25.1 Å². The van der Waals surface area contributed by atoms with E-state index in [4.69, 9.17) is 10.5 Å². The number of anilines is 1. The lowest BCUT2D eigenvalue weighted by Gasteiger charge is -2.10. The second-order valence-electron chi connectivity index (χ2n) is 4.45. The molecule has 4 N–H and O–H groups in total. The van der Waals surface area contributed by atoms with Crippen molar-refractivity contribution in [3.63, 3.8) is 0 Å². The predicted octanol–water partition coefficient (Wildman–Crippen LogP) is 0.797. The Morgan fingerprint density at radius 2 is 2.05 bits per heavy atom. The van der Waals surface area contributed by atoms with Gasteiger partial charge in [-0.2, -0.15) is 0 Å². The molecule has 1 aliphatic heterocycles. The number of amides is 3. The van der Waals surface area contributed by atoms with Crippen LogP contribution in [-0.4, -0.2) is 31.7 Å². The molecule has 0 saturated carbocycles. The molecule has 102 valence electrons. The minimum atomic E-state index is -0.844. The van der Waals surface area contributed by atoms with Crippen LogP contribution in [0, 0.1) is 0 Å². The molecule has 1 unspecified atom stereocenters. The van der Waals surface area contributed by atoms with Crippen LogP contribution in [0.15, 0.2) is 24.3 Å². The highest BCUT2D eigenvalue weighted by Crippen LogP contribution is 2.25. The van der Waals surface area contributed by atoms with Crippen LogP contribution in [-0.2, 0) is 9.53 Å². The zero-order chi connectivity index (χ0) is 13.7. The van der Waals surface area contributed by atoms with Gasteiger partial charge in [-0.15, -0.1) is 0 Å². The van der Waals surface area contributed by atoms with E-state index in [0.29, 0.717) is 5.92 Å². The molecule has 1 saturated heterocycles. The van der Waals surface area contributed by atoms with E-state index in [9.17, 15) is 9.59 Å². The number of carbonyl (C=O) groups excluding carboxylic acids is 2. The summed E-state index contributed by atoms with van der Waals surface area (Å²) >= 11 is 0. The molecule has 1 aromatic rings. The van der Waals surface area contributed by atoms with Gasteiger partial charge in [0.25, 0.3) is 0 Å². The second-order valence-corrected chi connectivity index (χ2v) is 4.45. The van der Waals surface area contributed by atoms with Gasteiger partial charge in [0.05, 0.1) is 13.2 Å².